The van der Waals surface area contributed by atoms with Gasteiger partial charge in [-0.15, -0.1) is 0 Å². The van der Waals surface area contributed by atoms with E-state index >= 15 is 0 Å². The third-order valence-electron chi connectivity index (χ3n) is 4.54. The van der Waals surface area contributed by atoms with E-state index in [1.165, 1.54) is 6.20 Å². The molecule has 2 aromatic rings. The number of carbonyl (C=O) groups is 2. The van der Waals surface area contributed by atoms with Crippen LogP contribution in [0, 0.1) is 0 Å². The molecule has 0 bridgehead atoms. The monoisotopic (exact) mass is 372 g/mol. The van der Waals surface area contributed by atoms with Crippen LogP contribution in [0.5, 0.6) is 5.75 Å². The molecule has 1 saturated heterocycles. The molecule has 0 unspecified atom stereocenters. The fraction of sp³-hybridized carbons (Fsp3) is 0.474. The van der Waals surface area contributed by atoms with Gasteiger partial charge in [-0.05, 0) is 25.0 Å². The maximum absolute atomic E-state index is 12.8. The van der Waals surface area contributed by atoms with E-state index in [0.29, 0.717) is 23.7 Å². The Morgan fingerprint density at radius 3 is 2.85 bits per heavy atom. The van der Waals surface area contributed by atoms with Crippen LogP contribution in [-0.4, -0.2) is 46.0 Å². The number of hydrogen-bond donors (Lipinski definition) is 1. The first-order chi connectivity index (χ1) is 12.8. The van der Waals surface area contributed by atoms with E-state index in [4.69, 9.17) is 15.0 Å². The maximum atomic E-state index is 12.8. The number of nitrogens with zero attached hydrogens (tertiary/aromatic N) is 3. The van der Waals surface area contributed by atoms with Gasteiger partial charge < -0.3 is 19.9 Å². The van der Waals surface area contributed by atoms with Crippen LogP contribution in [0.4, 0.5) is 0 Å². The number of ether oxygens (including phenoxy) is 1. The van der Waals surface area contributed by atoms with Gasteiger partial charge in [0.15, 0.2) is 17.1 Å². The average molecular weight is 372 g/mol. The van der Waals surface area contributed by atoms with Gasteiger partial charge in [0.1, 0.15) is 12.4 Å². The van der Waals surface area contributed by atoms with Crippen LogP contribution in [0.15, 0.2) is 28.9 Å². The molecule has 144 valence electrons. The third-order valence-corrected chi connectivity index (χ3v) is 4.54. The molecule has 3 heterocycles. The minimum absolute atomic E-state index is 0.0830. The second kappa shape index (κ2) is 7.38. The molecule has 2 aromatic heterocycles. The highest BCUT2D eigenvalue weighted by atomic mass is 16.5. The Hall–Kier alpha value is -2.90. The summed E-state index contributed by atoms with van der Waals surface area (Å²) < 4.78 is 11.1. The Morgan fingerprint density at radius 1 is 1.41 bits per heavy atom. The Morgan fingerprint density at radius 2 is 2.19 bits per heavy atom. The van der Waals surface area contributed by atoms with Crippen molar-refractivity contribution in [2.24, 2.45) is 5.73 Å². The normalized spacial score (nSPS) is 17.1. The summed E-state index contributed by atoms with van der Waals surface area (Å²) in [6, 6.07) is 4.89. The minimum atomic E-state index is -0.651. The van der Waals surface area contributed by atoms with Crippen LogP contribution in [0.1, 0.15) is 60.4 Å². The van der Waals surface area contributed by atoms with Crippen LogP contribution >= 0.6 is 0 Å². The van der Waals surface area contributed by atoms with Crippen LogP contribution in [0.25, 0.3) is 0 Å². The molecule has 0 aliphatic carbocycles. The molecule has 2 N–H and O–H groups in total. The van der Waals surface area contributed by atoms with E-state index in [1.807, 2.05) is 20.8 Å². The van der Waals surface area contributed by atoms with Gasteiger partial charge in [-0.3, -0.25) is 9.59 Å². The SMILES string of the molecule is CC(C)(C)c1cc(C(=O)N2CCC[C@@H]2COc2cccnc2C(N)=O)no1. The Balaban J connectivity index is 1.70. The van der Waals surface area contributed by atoms with Crippen molar-refractivity contribution in [2.45, 2.75) is 45.1 Å². The molecule has 8 heteroatoms. The van der Waals surface area contributed by atoms with Gasteiger partial charge >= 0.3 is 0 Å². The molecule has 2 amide bonds. The highest BCUT2D eigenvalue weighted by molar-refractivity contribution is 5.93. The number of pyridine rings is 1. The highest BCUT2D eigenvalue weighted by Crippen LogP contribution is 2.26. The second-order valence-corrected chi connectivity index (χ2v) is 7.65. The molecule has 1 aliphatic heterocycles. The number of rotatable bonds is 5. The average Bonchev–Trinajstić information content (AvgIpc) is 3.28. The molecular formula is C19H24N4O4. The lowest BCUT2D eigenvalue weighted by molar-refractivity contribution is 0.0678. The quantitative estimate of drug-likeness (QED) is 0.861. The van der Waals surface area contributed by atoms with Crippen LogP contribution in [0.3, 0.4) is 0 Å². The number of nitrogens with two attached hydrogens (primary N) is 1. The molecule has 27 heavy (non-hydrogen) atoms. The van der Waals surface area contributed by atoms with Crippen molar-refractivity contribution < 1.29 is 18.8 Å². The largest absolute Gasteiger partial charge is 0.489 e. The summed E-state index contributed by atoms with van der Waals surface area (Å²) in [7, 11) is 0. The van der Waals surface area contributed by atoms with Crippen molar-refractivity contribution in [1.82, 2.24) is 15.0 Å². The van der Waals surface area contributed by atoms with E-state index < -0.39 is 5.91 Å². The maximum Gasteiger partial charge on any atom is 0.276 e. The predicted octanol–water partition coefficient (Wildman–Crippen LogP) is 2.15. The first kappa shape index (κ1) is 18.9. The predicted molar refractivity (Wildman–Crippen MR) is 97.5 cm³/mol. The summed E-state index contributed by atoms with van der Waals surface area (Å²) in [5.74, 6) is 0.156. The van der Waals surface area contributed by atoms with Crippen molar-refractivity contribution in [3.8, 4) is 5.75 Å². The van der Waals surface area contributed by atoms with Crippen molar-refractivity contribution in [3.05, 3.63) is 41.5 Å². The van der Waals surface area contributed by atoms with Crippen LogP contribution < -0.4 is 10.5 Å². The summed E-state index contributed by atoms with van der Waals surface area (Å²) in [6.45, 7) is 6.87. The topological polar surface area (TPSA) is 112 Å². The van der Waals surface area contributed by atoms with E-state index in [2.05, 4.69) is 10.1 Å². The van der Waals surface area contributed by atoms with E-state index in [9.17, 15) is 9.59 Å². The molecule has 1 aliphatic rings. The smallest absolute Gasteiger partial charge is 0.276 e. The number of hydrogen-bond acceptors (Lipinski definition) is 6. The molecule has 0 aromatic carbocycles. The molecular weight excluding hydrogens is 348 g/mol. The lowest BCUT2D eigenvalue weighted by Gasteiger charge is -2.24. The fourth-order valence-electron chi connectivity index (χ4n) is 3.03. The van der Waals surface area contributed by atoms with Crippen molar-refractivity contribution in [2.75, 3.05) is 13.2 Å². The van der Waals surface area contributed by atoms with Gasteiger partial charge in [-0.1, -0.05) is 25.9 Å². The van der Waals surface area contributed by atoms with Gasteiger partial charge in [0.25, 0.3) is 11.8 Å². The lowest BCUT2D eigenvalue weighted by Crippen LogP contribution is -2.39. The molecule has 0 saturated carbocycles. The standard InChI is InChI=1S/C19H24N4O4/c1-19(2,3)15-10-13(22-27-15)18(25)23-9-5-6-12(23)11-26-14-7-4-8-21-16(14)17(20)24/h4,7-8,10,12H,5-6,9,11H2,1-3H3,(H2,20,24)/t12-/m1/s1. The number of amides is 2. The molecule has 0 radical (unpaired) electrons. The number of likely N-dealkylation sites (tertiary alicyclic amines) is 1. The zero-order valence-corrected chi connectivity index (χ0v) is 15.8. The summed E-state index contributed by atoms with van der Waals surface area (Å²) in [4.78, 5) is 30.0. The molecule has 1 atom stereocenters. The van der Waals surface area contributed by atoms with Crippen LogP contribution in [-0.2, 0) is 5.41 Å². The summed E-state index contributed by atoms with van der Waals surface area (Å²) in [5.41, 5.74) is 5.49. The summed E-state index contributed by atoms with van der Waals surface area (Å²) in [5, 5.41) is 3.94. The second-order valence-electron chi connectivity index (χ2n) is 7.65. The number of aromatic nitrogens is 2. The summed E-state index contributed by atoms with van der Waals surface area (Å²) >= 11 is 0. The summed E-state index contributed by atoms with van der Waals surface area (Å²) in [6.07, 6.45) is 3.16. The highest BCUT2D eigenvalue weighted by Gasteiger charge is 2.33. The number of primary amides is 1. The number of carbonyl (C=O) groups excluding carboxylic acids is 2. The first-order valence-corrected chi connectivity index (χ1v) is 8.93. The fourth-order valence-corrected chi connectivity index (χ4v) is 3.03. The molecule has 8 nitrogen and oxygen atoms in total. The Bertz CT molecular complexity index is 840. The van der Waals surface area contributed by atoms with E-state index in [-0.39, 0.29) is 29.7 Å². The van der Waals surface area contributed by atoms with Gasteiger partial charge in [-0.2, -0.15) is 0 Å². The third kappa shape index (κ3) is 4.10. The Kier molecular flexibility index (Phi) is 5.16. The minimum Gasteiger partial charge on any atom is -0.489 e. The zero-order valence-electron chi connectivity index (χ0n) is 15.8. The first-order valence-electron chi connectivity index (χ1n) is 8.93. The Labute approximate surface area is 157 Å². The van der Waals surface area contributed by atoms with E-state index in [1.54, 1.807) is 23.1 Å². The van der Waals surface area contributed by atoms with Gasteiger partial charge in [0.2, 0.25) is 0 Å². The zero-order chi connectivity index (χ0) is 19.6. The lowest BCUT2D eigenvalue weighted by atomic mass is 9.93. The molecule has 1 fully saturated rings. The van der Waals surface area contributed by atoms with Gasteiger partial charge in [-0.25, -0.2) is 4.98 Å². The van der Waals surface area contributed by atoms with Crippen molar-refractivity contribution in [3.63, 3.8) is 0 Å². The van der Waals surface area contributed by atoms with Crippen molar-refractivity contribution in [1.29, 1.82) is 0 Å². The van der Waals surface area contributed by atoms with Crippen LogP contribution in [0.2, 0.25) is 0 Å². The molecule has 3 rings (SSSR count). The van der Waals surface area contributed by atoms with Gasteiger partial charge in [0.05, 0.1) is 6.04 Å². The van der Waals surface area contributed by atoms with Crippen molar-refractivity contribution >= 4 is 11.8 Å². The molecule has 0 spiro atoms. The van der Waals surface area contributed by atoms with E-state index in [0.717, 1.165) is 12.8 Å². The van der Waals surface area contributed by atoms with Gasteiger partial charge in [0, 0.05) is 24.2 Å².